The molecule has 20 heavy (non-hydrogen) atoms. The van der Waals surface area contributed by atoms with E-state index < -0.39 is 0 Å². The van der Waals surface area contributed by atoms with Gasteiger partial charge in [0.2, 0.25) is 0 Å². The third kappa shape index (κ3) is 4.31. The second kappa shape index (κ2) is 8.41. The summed E-state index contributed by atoms with van der Waals surface area (Å²) >= 11 is 0. The van der Waals surface area contributed by atoms with Gasteiger partial charge < -0.3 is 5.32 Å². The SMILES string of the molecule is CCCCC1CCC(C(NCC)c2cccnc2)CC1. The Balaban J connectivity index is 1.92. The van der Waals surface area contributed by atoms with Gasteiger partial charge in [0, 0.05) is 18.4 Å². The van der Waals surface area contributed by atoms with E-state index in [1.165, 1.54) is 50.5 Å². The van der Waals surface area contributed by atoms with Gasteiger partial charge in [0.05, 0.1) is 0 Å². The molecule has 0 aromatic carbocycles. The van der Waals surface area contributed by atoms with Crippen molar-refractivity contribution >= 4 is 0 Å². The third-order valence-corrected chi connectivity index (χ3v) is 4.80. The third-order valence-electron chi connectivity index (χ3n) is 4.80. The van der Waals surface area contributed by atoms with Crippen molar-refractivity contribution < 1.29 is 0 Å². The number of rotatable bonds is 7. The maximum absolute atomic E-state index is 4.30. The number of nitrogens with one attached hydrogen (secondary N) is 1. The largest absolute Gasteiger partial charge is 0.310 e. The predicted octanol–water partition coefficient (Wildman–Crippen LogP) is 4.73. The van der Waals surface area contributed by atoms with Gasteiger partial charge in [-0.1, -0.05) is 52.0 Å². The lowest BCUT2D eigenvalue weighted by atomic mass is 9.75. The first-order chi connectivity index (χ1) is 9.85. The summed E-state index contributed by atoms with van der Waals surface area (Å²) < 4.78 is 0. The van der Waals surface area contributed by atoms with Gasteiger partial charge in [0.1, 0.15) is 0 Å². The van der Waals surface area contributed by atoms with Gasteiger partial charge in [0.25, 0.3) is 0 Å². The Morgan fingerprint density at radius 2 is 2.05 bits per heavy atom. The fourth-order valence-corrected chi connectivity index (χ4v) is 3.64. The zero-order valence-electron chi connectivity index (χ0n) is 13.1. The summed E-state index contributed by atoms with van der Waals surface area (Å²) in [6.07, 6.45) is 13.7. The zero-order valence-corrected chi connectivity index (χ0v) is 13.1. The predicted molar refractivity (Wildman–Crippen MR) is 85.6 cm³/mol. The van der Waals surface area contributed by atoms with Gasteiger partial charge in [-0.2, -0.15) is 0 Å². The molecule has 1 saturated carbocycles. The Kier molecular flexibility index (Phi) is 6.52. The fourth-order valence-electron chi connectivity index (χ4n) is 3.64. The van der Waals surface area contributed by atoms with E-state index in [1.807, 2.05) is 12.4 Å². The first-order valence-corrected chi connectivity index (χ1v) is 8.48. The zero-order chi connectivity index (χ0) is 14.2. The van der Waals surface area contributed by atoms with Crippen LogP contribution < -0.4 is 5.32 Å². The minimum Gasteiger partial charge on any atom is -0.310 e. The Morgan fingerprint density at radius 1 is 1.25 bits per heavy atom. The second-order valence-electron chi connectivity index (χ2n) is 6.24. The van der Waals surface area contributed by atoms with Crippen molar-refractivity contribution in [3.8, 4) is 0 Å². The smallest absolute Gasteiger partial charge is 0.0363 e. The van der Waals surface area contributed by atoms with E-state index in [2.05, 4.69) is 36.3 Å². The molecule has 0 saturated heterocycles. The quantitative estimate of drug-likeness (QED) is 0.777. The van der Waals surface area contributed by atoms with Crippen molar-refractivity contribution in [3.63, 3.8) is 0 Å². The van der Waals surface area contributed by atoms with Crippen LogP contribution in [0.1, 0.15) is 70.4 Å². The number of hydrogen-bond donors (Lipinski definition) is 1. The van der Waals surface area contributed by atoms with Crippen molar-refractivity contribution in [2.45, 2.75) is 64.8 Å². The lowest BCUT2D eigenvalue weighted by molar-refractivity contribution is 0.214. The molecular weight excluding hydrogens is 244 g/mol. The van der Waals surface area contributed by atoms with E-state index in [0.29, 0.717) is 6.04 Å². The van der Waals surface area contributed by atoms with Gasteiger partial charge in [-0.3, -0.25) is 4.98 Å². The highest BCUT2D eigenvalue weighted by Crippen LogP contribution is 2.38. The van der Waals surface area contributed by atoms with Crippen LogP contribution in [0.4, 0.5) is 0 Å². The molecule has 2 nitrogen and oxygen atoms in total. The van der Waals surface area contributed by atoms with Crippen LogP contribution in [0.2, 0.25) is 0 Å². The van der Waals surface area contributed by atoms with Crippen LogP contribution in [0.15, 0.2) is 24.5 Å². The van der Waals surface area contributed by atoms with E-state index >= 15 is 0 Å². The van der Waals surface area contributed by atoms with Gasteiger partial charge in [-0.25, -0.2) is 0 Å². The molecule has 1 aromatic rings. The molecule has 0 amide bonds. The normalized spacial score (nSPS) is 24.5. The number of hydrogen-bond acceptors (Lipinski definition) is 2. The van der Waals surface area contributed by atoms with Gasteiger partial charge in [0.15, 0.2) is 0 Å². The summed E-state index contributed by atoms with van der Waals surface area (Å²) in [6, 6.07) is 4.79. The van der Waals surface area contributed by atoms with Crippen LogP contribution >= 0.6 is 0 Å². The molecule has 112 valence electrons. The number of aromatic nitrogens is 1. The Bertz CT molecular complexity index is 355. The van der Waals surface area contributed by atoms with E-state index in [-0.39, 0.29) is 0 Å². The Hall–Kier alpha value is -0.890. The van der Waals surface area contributed by atoms with Crippen LogP contribution in [0.5, 0.6) is 0 Å². The monoisotopic (exact) mass is 274 g/mol. The number of pyridine rings is 1. The highest BCUT2D eigenvalue weighted by Gasteiger charge is 2.27. The summed E-state index contributed by atoms with van der Waals surface area (Å²) in [6.45, 7) is 5.54. The Labute approximate surface area is 124 Å². The summed E-state index contributed by atoms with van der Waals surface area (Å²) in [5.41, 5.74) is 1.37. The standard InChI is InChI=1S/C18H30N2/c1-3-5-7-15-9-11-16(12-10-15)18(20-4-2)17-8-6-13-19-14-17/h6,8,13-16,18,20H,3-5,7,9-12H2,1-2H3. The molecule has 0 radical (unpaired) electrons. The Morgan fingerprint density at radius 3 is 2.65 bits per heavy atom. The second-order valence-corrected chi connectivity index (χ2v) is 6.24. The molecule has 2 rings (SSSR count). The van der Waals surface area contributed by atoms with E-state index in [1.54, 1.807) is 0 Å². The minimum atomic E-state index is 0.501. The van der Waals surface area contributed by atoms with E-state index in [0.717, 1.165) is 18.4 Å². The first kappa shape index (κ1) is 15.5. The maximum atomic E-state index is 4.30. The van der Waals surface area contributed by atoms with Crippen LogP contribution in [0, 0.1) is 11.8 Å². The lowest BCUT2D eigenvalue weighted by Crippen LogP contribution is -2.31. The van der Waals surface area contributed by atoms with Crippen LogP contribution in [-0.2, 0) is 0 Å². The molecule has 1 aliphatic rings. The van der Waals surface area contributed by atoms with Crippen molar-refractivity contribution in [2.24, 2.45) is 11.8 Å². The fraction of sp³-hybridized carbons (Fsp3) is 0.722. The number of unbranched alkanes of at least 4 members (excludes halogenated alkanes) is 1. The van der Waals surface area contributed by atoms with E-state index in [4.69, 9.17) is 0 Å². The molecule has 1 N–H and O–H groups in total. The topological polar surface area (TPSA) is 24.9 Å². The molecule has 2 heteroatoms. The first-order valence-electron chi connectivity index (χ1n) is 8.48. The summed E-state index contributed by atoms with van der Waals surface area (Å²) in [7, 11) is 0. The van der Waals surface area contributed by atoms with Crippen molar-refractivity contribution in [1.82, 2.24) is 10.3 Å². The van der Waals surface area contributed by atoms with E-state index in [9.17, 15) is 0 Å². The summed E-state index contributed by atoms with van der Waals surface area (Å²) in [5, 5.41) is 3.69. The average molecular weight is 274 g/mol. The van der Waals surface area contributed by atoms with Crippen LogP contribution in [-0.4, -0.2) is 11.5 Å². The molecule has 1 unspecified atom stereocenters. The van der Waals surface area contributed by atoms with Crippen molar-refractivity contribution in [2.75, 3.05) is 6.54 Å². The molecule has 1 fully saturated rings. The summed E-state index contributed by atoms with van der Waals surface area (Å²) in [5.74, 6) is 1.78. The number of nitrogens with zero attached hydrogens (tertiary/aromatic N) is 1. The molecule has 1 aliphatic carbocycles. The van der Waals surface area contributed by atoms with Crippen LogP contribution in [0.25, 0.3) is 0 Å². The average Bonchev–Trinajstić information content (AvgIpc) is 2.52. The van der Waals surface area contributed by atoms with Gasteiger partial charge >= 0.3 is 0 Å². The lowest BCUT2D eigenvalue weighted by Gasteiger charge is -2.34. The maximum Gasteiger partial charge on any atom is 0.0363 e. The van der Waals surface area contributed by atoms with Crippen molar-refractivity contribution in [3.05, 3.63) is 30.1 Å². The molecule has 0 spiro atoms. The molecule has 0 aliphatic heterocycles. The van der Waals surface area contributed by atoms with Gasteiger partial charge in [-0.15, -0.1) is 0 Å². The van der Waals surface area contributed by atoms with Gasteiger partial charge in [-0.05, 0) is 42.9 Å². The highest BCUT2D eigenvalue weighted by atomic mass is 14.9. The minimum absolute atomic E-state index is 0.501. The molecule has 0 bridgehead atoms. The van der Waals surface area contributed by atoms with Crippen LogP contribution in [0.3, 0.4) is 0 Å². The molecular formula is C18H30N2. The van der Waals surface area contributed by atoms with Crippen molar-refractivity contribution in [1.29, 1.82) is 0 Å². The molecule has 1 heterocycles. The molecule has 1 atom stereocenters. The highest BCUT2D eigenvalue weighted by molar-refractivity contribution is 5.15. The summed E-state index contributed by atoms with van der Waals surface area (Å²) in [4.78, 5) is 4.30. The molecule has 1 aromatic heterocycles.